The Morgan fingerprint density at radius 3 is 2.90 bits per heavy atom. The van der Waals surface area contributed by atoms with E-state index in [4.69, 9.17) is 0 Å². The molecule has 1 aromatic carbocycles. The number of aromatic nitrogens is 1. The van der Waals surface area contributed by atoms with Gasteiger partial charge in [-0.2, -0.15) is 0 Å². The lowest BCUT2D eigenvalue weighted by atomic mass is 9.84. The highest BCUT2D eigenvalue weighted by molar-refractivity contribution is 5.84. The second kappa shape index (κ2) is 6.36. The molecule has 106 valence electrons. The highest BCUT2D eigenvalue weighted by Gasteiger charge is 2.19. The van der Waals surface area contributed by atoms with E-state index < -0.39 is 0 Å². The topological polar surface area (TPSA) is 24.9 Å². The maximum absolute atomic E-state index is 4.20. The molecule has 1 N–H and O–H groups in total. The maximum atomic E-state index is 4.20. The number of fused-ring (bicyclic) bond motifs is 1. The van der Waals surface area contributed by atoms with Crippen LogP contribution in [0.3, 0.4) is 0 Å². The summed E-state index contributed by atoms with van der Waals surface area (Å²) in [6, 6.07) is 9.23. The van der Waals surface area contributed by atoms with Crippen LogP contribution in [-0.2, 0) is 6.54 Å². The number of rotatable bonds is 4. The van der Waals surface area contributed by atoms with E-state index in [0.29, 0.717) is 6.04 Å². The minimum absolute atomic E-state index is 0.618. The van der Waals surface area contributed by atoms with Crippen LogP contribution in [0.4, 0.5) is 0 Å². The SMILES string of the molecule is C[C@H](NCc1cccc2cnccc12)C1CCCCC1. The average Bonchev–Trinajstić information content (AvgIpc) is 2.53. The van der Waals surface area contributed by atoms with E-state index in [1.54, 1.807) is 0 Å². The van der Waals surface area contributed by atoms with Gasteiger partial charge >= 0.3 is 0 Å². The summed E-state index contributed by atoms with van der Waals surface area (Å²) in [5.74, 6) is 0.861. The lowest BCUT2D eigenvalue weighted by Gasteiger charge is -2.28. The van der Waals surface area contributed by atoms with E-state index in [0.717, 1.165) is 12.5 Å². The predicted octanol–water partition coefficient (Wildman–Crippen LogP) is 4.29. The molecule has 0 aliphatic heterocycles. The molecule has 0 bridgehead atoms. The Hall–Kier alpha value is -1.41. The van der Waals surface area contributed by atoms with Crippen molar-refractivity contribution < 1.29 is 0 Å². The molecule has 0 amide bonds. The zero-order valence-electron chi connectivity index (χ0n) is 12.3. The maximum Gasteiger partial charge on any atom is 0.0346 e. The van der Waals surface area contributed by atoms with Gasteiger partial charge in [0.15, 0.2) is 0 Å². The summed E-state index contributed by atoms with van der Waals surface area (Å²) in [6.07, 6.45) is 10.9. The first-order chi connectivity index (χ1) is 9.84. The summed E-state index contributed by atoms with van der Waals surface area (Å²) in [6.45, 7) is 3.31. The summed E-state index contributed by atoms with van der Waals surface area (Å²) in [4.78, 5) is 4.20. The Labute approximate surface area is 121 Å². The molecule has 1 saturated carbocycles. The minimum Gasteiger partial charge on any atom is -0.310 e. The molecule has 1 aromatic heterocycles. The van der Waals surface area contributed by atoms with E-state index in [2.05, 4.69) is 41.5 Å². The van der Waals surface area contributed by atoms with Crippen molar-refractivity contribution in [1.29, 1.82) is 0 Å². The van der Waals surface area contributed by atoms with Gasteiger partial charge in [0, 0.05) is 30.4 Å². The molecule has 0 radical (unpaired) electrons. The van der Waals surface area contributed by atoms with E-state index in [9.17, 15) is 0 Å². The van der Waals surface area contributed by atoms with Gasteiger partial charge in [-0.1, -0.05) is 37.5 Å². The predicted molar refractivity (Wildman–Crippen MR) is 84.6 cm³/mol. The van der Waals surface area contributed by atoms with Crippen molar-refractivity contribution in [2.75, 3.05) is 0 Å². The van der Waals surface area contributed by atoms with Gasteiger partial charge in [0.25, 0.3) is 0 Å². The van der Waals surface area contributed by atoms with Crippen molar-refractivity contribution in [3.63, 3.8) is 0 Å². The Morgan fingerprint density at radius 1 is 1.20 bits per heavy atom. The fourth-order valence-electron chi connectivity index (χ4n) is 3.42. The molecular formula is C18H24N2. The zero-order valence-corrected chi connectivity index (χ0v) is 12.3. The molecular weight excluding hydrogens is 244 g/mol. The van der Waals surface area contributed by atoms with Crippen LogP contribution >= 0.6 is 0 Å². The molecule has 1 aliphatic carbocycles. The van der Waals surface area contributed by atoms with Crippen LogP contribution in [0.1, 0.15) is 44.6 Å². The van der Waals surface area contributed by atoms with Crippen molar-refractivity contribution in [3.05, 3.63) is 42.2 Å². The number of nitrogens with one attached hydrogen (secondary N) is 1. The fourth-order valence-corrected chi connectivity index (χ4v) is 3.42. The molecule has 20 heavy (non-hydrogen) atoms. The van der Waals surface area contributed by atoms with E-state index in [-0.39, 0.29) is 0 Å². The van der Waals surface area contributed by atoms with Crippen LogP contribution in [0.15, 0.2) is 36.7 Å². The van der Waals surface area contributed by atoms with Crippen molar-refractivity contribution in [2.45, 2.75) is 51.6 Å². The van der Waals surface area contributed by atoms with Gasteiger partial charge in [0.2, 0.25) is 0 Å². The van der Waals surface area contributed by atoms with Crippen LogP contribution in [0, 0.1) is 5.92 Å². The largest absolute Gasteiger partial charge is 0.310 e. The first-order valence-electron chi connectivity index (χ1n) is 7.89. The molecule has 1 heterocycles. The quantitative estimate of drug-likeness (QED) is 0.894. The summed E-state index contributed by atoms with van der Waals surface area (Å²) in [5.41, 5.74) is 1.38. The zero-order chi connectivity index (χ0) is 13.8. The Bertz CT molecular complexity index is 553. The van der Waals surface area contributed by atoms with Gasteiger partial charge in [-0.05, 0) is 42.7 Å². The highest BCUT2D eigenvalue weighted by atomic mass is 14.9. The Kier molecular flexibility index (Phi) is 4.31. The number of nitrogens with zero attached hydrogens (tertiary/aromatic N) is 1. The summed E-state index contributed by atoms with van der Waals surface area (Å²) >= 11 is 0. The molecule has 0 saturated heterocycles. The summed E-state index contributed by atoms with van der Waals surface area (Å²) in [7, 11) is 0. The summed E-state index contributed by atoms with van der Waals surface area (Å²) in [5, 5.41) is 6.30. The highest BCUT2D eigenvalue weighted by Crippen LogP contribution is 2.26. The molecule has 0 unspecified atom stereocenters. The van der Waals surface area contributed by atoms with Crippen LogP contribution in [-0.4, -0.2) is 11.0 Å². The second-order valence-electron chi connectivity index (χ2n) is 6.08. The molecule has 1 aliphatic rings. The molecule has 0 spiro atoms. The van der Waals surface area contributed by atoms with Gasteiger partial charge in [-0.15, -0.1) is 0 Å². The van der Waals surface area contributed by atoms with Crippen LogP contribution < -0.4 is 5.32 Å². The number of hydrogen-bond donors (Lipinski definition) is 1. The Morgan fingerprint density at radius 2 is 2.05 bits per heavy atom. The minimum atomic E-state index is 0.618. The van der Waals surface area contributed by atoms with E-state index in [1.807, 2.05) is 12.4 Å². The molecule has 2 heteroatoms. The molecule has 2 nitrogen and oxygen atoms in total. The van der Waals surface area contributed by atoms with Crippen molar-refractivity contribution in [3.8, 4) is 0 Å². The monoisotopic (exact) mass is 268 g/mol. The molecule has 3 rings (SSSR count). The number of hydrogen-bond acceptors (Lipinski definition) is 2. The van der Waals surface area contributed by atoms with Crippen LogP contribution in [0.25, 0.3) is 10.8 Å². The standard InChI is InChI=1S/C18H24N2/c1-14(15-6-3-2-4-7-15)20-13-17-9-5-8-16-12-19-11-10-18(16)17/h5,8-12,14-15,20H,2-4,6-7,13H2,1H3/t14-/m0/s1. The van der Waals surface area contributed by atoms with Gasteiger partial charge < -0.3 is 5.32 Å². The van der Waals surface area contributed by atoms with E-state index >= 15 is 0 Å². The van der Waals surface area contributed by atoms with Crippen LogP contribution in [0.5, 0.6) is 0 Å². The van der Waals surface area contributed by atoms with Crippen molar-refractivity contribution in [1.82, 2.24) is 10.3 Å². The fraction of sp³-hybridized carbons (Fsp3) is 0.500. The average molecular weight is 268 g/mol. The van der Waals surface area contributed by atoms with Crippen LogP contribution in [0.2, 0.25) is 0 Å². The van der Waals surface area contributed by atoms with Gasteiger partial charge in [0.05, 0.1) is 0 Å². The smallest absolute Gasteiger partial charge is 0.0346 e. The summed E-state index contributed by atoms with van der Waals surface area (Å²) < 4.78 is 0. The van der Waals surface area contributed by atoms with Crippen molar-refractivity contribution >= 4 is 10.8 Å². The second-order valence-corrected chi connectivity index (χ2v) is 6.08. The normalized spacial score (nSPS) is 18.2. The first-order valence-corrected chi connectivity index (χ1v) is 7.89. The third kappa shape index (κ3) is 3.01. The lowest BCUT2D eigenvalue weighted by molar-refractivity contribution is 0.281. The first kappa shape index (κ1) is 13.6. The lowest BCUT2D eigenvalue weighted by Crippen LogP contribution is -2.34. The van der Waals surface area contributed by atoms with Gasteiger partial charge in [-0.25, -0.2) is 0 Å². The number of benzene rings is 1. The van der Waals surface area contributed by atoms with Crippen molar-refractivity contribution in [2.24, 2.45) is 5.92 Å². The molecule has 1 fully saturated rings. The van der Waals surface area contributed by atoms with Gasteiger partial charge in [-0.3, -0.25) is 4.98 Å². The number of pyridine rings is 1. The molecule has 1 atom stereocenters. The third-order valence-corrected chi connectivity index (χ3v) is 4.74. The third-order valence-electron chi connectivity index (χ3n) is 4.74. The Balaban J connectivity index is 1.67. The molecule has 2 aromatic rings. The van der Waals surface area contributed by atoms with Gasteiger partial charge in [0.1, 0.15) is 0 Å². The van der Waals surface area contributed by atoms with E-state index in [1.165, 1.54) is 48.4 Å².